The van der Waals surface area contributed by atoms with Gasteiger partial charge in [-0.3, -0.25) is 19.6 Å². The highest BCUT2D eigenvalue weighted by Gasteiger charge is 2.25. The van der Waals surface area contributed by atoms with Crippen molar-refractivity contribution in [2.24, 2.45) is 0 Å². The van der Waals surface area contributed by atoms with Gasteiger partial charge in [0.1, 0.15) is 17.9 Å². The van der Waals surface area contributed by atoms with E-state index in [2.05, 4.69) is 10.4 Å². The molecule has 3 aromatic rings. The van der Waals surface area contributed by atoms with Crippen molar-refractivity contribution in [2.75, 3.05) is 38.6 Å². The summed E-state index contributed by atoms with van der Waals surface area (Å²) < 4.78 is 12.3. The molecule has 0 bridgehead atoms. The molecule has 10 heteroatoms. The molecule has 0 spiro atoms. The first-order valence-electron chi connectivity index (χ1n) is 11.8. The lowest BCUT2D eigenvalue weighted by Crippen LogP contribution is -2.51. The fraction of sp³-hybridized carbons (Fsp3) is 0.385. The Balaban J connectivity index is 1.39. The van der Waals surface area contributed by atoms with Crippen LogP contribution in [0.25, 0.3) is 10.9 Å². The van der Waals surface area contributed by atoms with Gasteiger partial charge >= 0.3 is 6.09 Å². The molecular formula is C26H31N5O5. The van der Waals surface area contributed by atoms with Crippen LogP contribution in [0, 0.1) is 0 Å². The van der Waals surface area contributed by atoms with Crippen LogP contribution >= 0.6 is 0 Å². The number of methoxy groups -OCH3 is 1. The average molecular weight is 494 g/mol. The number of hydrogen-bond donors (Lipinski definition) is 1. The maximum atomic E-state index is 12.9. The zero-order valence-electron chi connectivity index (χ0n) is 21.0. The zero-order valence-corrected chi connectivity index (χ0v) is 21.0. The molecule has 3 amide bonds. The van der Waals surface area contributed by atoms with Crippen LogP contribution in [0.3, 0.4) is 0 Å². The molecule has 1 aliphatic rings. The van der Waals surface area contributed by atoms with Crippen LogP contribution in [0.15, 0.2) is 48.7 Å². The lowest BCUT2D eigenvalue weighted by atomic mass is 10.2. The van der Waals surface area contributed by atoms with Crippen LogP contribution in [0.2, 0.25) is 0 Å². The first-order chi connectivity index (χ1) is 17.1. The smallest absolute Gasteiger partial charge is 0.412 e. The number of benzene rings is 2. The minimum Gasteiger partial charge on any atom is -0.494 e. The number of carbonyl (C=O) groups is 3. The SMILES string of the molecule is COc1cc2nn(CC(=O)N3CCN(C(=O)c4ccccc4)CC3)cc2cc1NC(=O)OC(C)(C)C. The van der Waals surface area contributed by atoms with Crippen molar-refractivity contribution in [1.29, 1.82) is 0 Å². The number of anilines is 1. The molecule has 2 heterocycles. The topological polar surface area (TPSA) is 106 Å². The second-order valence-corrected chi connectivity index (χ2v) is 9.60. The van der Waals surface area contributed by atoms with Crippen LogP contribution < -0.4 is 10.1 Å². The maximum absolute atomic E-state index is 12.9. The predicted molar refractivity (Wildman–Crippen MR) is 135 cm³/mol. The van der Waals surface area contributed by atoms with E-state index in [-0.39, 0.29) is 18.4 Å². The van der Waals surface area contributed by atoms with Crippen molar-refractivity contribution in [2.45, 2.75) is 32.9 Å². The molecule has 0 saturated carbocycles. The number of carbonyl (C=O) groups excluding carboxylic acids is 3. The minimum absolute atomic E-state index is 0.0224. The van der Waals surface area contributed by atoms with Crippen LogP contribution in [0.4, 0.5) is 10.5 Å². The van der Waals surface area contributed by atoms with Gasteiger partial charge in [-0.05, 0) is 39.0 Å². The molecule has 0 unspecified atom stereocenters. The van der Waals surface area contributed by atoms with Crippen LogP contribution in [-0.4, -0.2) is 76.4 Å². The van der Waals surface area contributed by atoms with Gasteiger partial charge in [-0.15, -0.1) is 0 Å². The number of hydrogen-bond acceptors (Lipinski definition) is 6. The molecule has 36 heavy (non-hydrogen) atoms. The van der Waals surface area contributed by atoms with Crippen molar-refractivity contribution >= 4 is 34.5 Å². The fourth-order valence-electron chi connectivity index (χ4n) is 4.03. The third-order valence-corrected chi connectivity index (χ3v) is 5.75. The highest BCUT2D eigenvalue weighted by molar-refractivity contribution is 5.94. The molecule has 0 radical (unpaired) electrons. The first-order valence-corrected chi connectivity index (χ1v) is 11.8. The summed E-state index contributed by atoms with van der Waals surface area (Å²) in [6, 6.07) is 12.6. The van der Waals surface area contributed by atoms with E-state index in [0.717, 1.165) is 5.39 Å². The van der Waals surface area contributed by atoms with Gasteiger partial charge in [-0.1, -0.05) is 18.2 Å². The fourth-order valence-corrected chi connectivity index (χ4v) is 4.03. The normalized spacial score (nSPS) is 14.0. The molecule has 2 aromatic carbocycles. The summed E-state index contributed by atoms with van der Waals surface area (Å²) in [6.45, 7) is 7.33. The zero-order chi connectivity index (χ0) is 25.9. The van der Waals surface area contributed by atoms with Crippen molar-refractivity contribution in [3.05, 3.63) is 54.2 Å². The van der Waals surface area contributed by atoms with Gasteiger partial charge < -0.3 is 19.3 Å². The van der Waals surface area contributed by atoms with E-state index in [0.29, 0.717) is 48.7 Å². The third-order valence-electron chi connectivity index (χ3n) is 5.75. The lowest BCUT2D eigenvalue weighted by Gasteiger charge is -2.34. The number of piperazine rings is 1. The lowest BCUT2D eigenvalue weighted by molar-refractivity contribution is -0.133. The Hall–Kier alpha value is -4.08. The Morgan fingerprint density at radius 1 is 1.00 bits per heavy atom. The van der Waals surface area contributed by atoms with Gasteiger partial charge in [0.05, 0.1) is 18.3 Å². The highest BCUT2D eigenvalue weighted by atomic mass is 16.6. The van der Waals surface area contributed by atoms with E-state index in [4.69, 9.17) is 9.47 Å². The Bertz CT molecular complexity index is 1260. The Morgan fingerprint density at radius 3 is 2.31 bits per heavy atom. The van der Waals surface area contributed by atoms with Crippen molar-refractivity contribution in [3.8, 4) is 5.75 Å². The van der Waals surface area contributed by atoms with Crippen LogP contribution in [0.1, 0.15) is 31.1 Å². The molecule has 1 N–H and O–H groups in total. The van der Waals surface area contributed by atoms with E-state index in [1.807, 2.05) is 18.2 Å². The minimum atomic E-state index is -0.632. The predicted octanol–water partition coefficient (Wildman–Crippen LogP) is 3.38. The van der Waals surface area contributed by atoms with Gasteiger partial charge in [-0.25, -0.2) is 4.79 Å². The monoisotopic (exact) mass is 493 g/mol. The number of aromatic nitrogens is 2. The summed E-state index contributed by atoms with van der Waals surface area (Å²) >= 11 is 0. The molecule has 10 nitrogen and oxygen atoms in total. The molecule has 190 valence electrons. The summed E-state index contributed by atoms with van der Waals surface area (Å²) in [5.74, 6) is 0.337. The van der Waals surface area contributed by atoms with Gasteiger partial charge in [-0.2, -0.15) is 5.10 Å². The number of ether oxygens (including phenoxy) is 2. The number of nitrogens with one attached hydrogen (secondary N) is 1. The number of rotatable bonds is 5. The Labute approximate surface area is 209 Å². The maximum Gasteiger partial charge on any atom is 0.412 e. The van der Waals surface area contributed by atoms with Crippen LogP contribution in [-0.2, 0) is 16.1 Å². The second-order valence-electron chi connectivity index (χ2n) is 9.60. The molecule has 0 aliphatic carbocycles. The van der Waals surface area contributed by atoms with Crippen LogP contribution in [0.5, 0.6) is 5.75 Å². The van der Waals surface area contributed by atoms with Crippen molar-refractivity contribution in [3.63, 3.8) is 0 Å². The van der Waals surface area contributed by atoms with E-state index in [1.165, 1.54) is 7.11 Å². The first kappa shape index (κ1) is 25.0. The molecule has 1 aromatic heterocycles. The molecular weight excluding hydrogens is 462 g/mol. The number of fused-ring (bicyclic) bond motifs is 1. The van der Waals surface area contributed by atoms with Gasteiger partial charge in [0.25, 0.3) is 5.91 Å². The van der Waals surface area contributed by atoms with Crippen molar-refractivity contribution < 1.29 is 23.9 Å². The highest BCUT2D eigenvalue weighted by Crippen LogP contribution is 2.30. The standard InChI is InChI=1S/C26H31N5O5/c1-26(2,3)36-25(34)27-21-14-19-16-31(28-20(19)15-22(21)35-4)17-23(32)29-10-12-30(13-11-29)24(33)18-8-6-5-7-9-18/h5-9,14-16H,10-13,17H2,1-4H3,(H,27,34). The number of amides is 3. The molecule has 1 aliphatic heterocycles. The summed E-state index contributed by atoms with van der Waals surface area (Å²) in [4.78, 5) is 41.3. The number of nitrogens with zero attached hydrogens (tertiary/aromatic N) is 4. The van der Waals surface area contributed by atoms with Gasteiger partial charge in [0.2, 0.25) is 5.91 Å². The average Bonchev–Trinajstić information content (AvgIpc) is 3.23. The summed E-state index contributed by atoms with van der Waals surface area (Å²) in [5, 5.41) is 7.95. The summed E-state index contributed by atoms with van der Waals surface area (Å²) in [6.07, 6.45) is 1.16. The van der Waals surface area contributed by atoms with E-state index < -0.39 is 11.7 Å². The third kappa shape index (κ3) is 5.94. The molecule has 1 saturated heterocycles. The van der Waals surface area contributed by atoms with E-state index >= 15 is 0 Å². The Morgan fingerprint density at radius 2 is 1.67 bits per heavy atom. The van der Waals surface area contributed by atoms with E-state index in [1.54, 1.807) is 65.7 Å². The molecule has 1 fully saturated rings. The summed E-state index contributed by atoms with van der Waals surface area (Å²) in [7, 11) is 1.50. The van der Waals surface area contributed by atoms with Gasteiger partial charge in [0.15, 0.2) is 0 Å². The van der Waals surface area contributed by atoms with Gasteiger partial charge in [0, 0.05) is 49.4 Å². The quantitative estimate of drug-likeness (QED) is 0.584. The molecule has 4 rings (SSSR count). The van der Waals surface area contributed by atoms with E-state index in [9.17, 15) is 14.4 Å². The Kier molecular flexibility index (Phi) is 7.14. The largest absolute Gasteiger partial charge is 0.494 e. The van der Waals surface area contributed by atoms with Crippen molar-refractivity contribution in [1.82, 2.24) is 19.6 Å². The second kappa shape index (κ2) is 10.3. The summed E-state index contributed by atoms with van der Waals surface area (Å²) in [5.41, 5.74) is 1.10. The molecule has 0 atom stereocenters.